The van der Waals surface area contributed by atoms with E-state index >= 15 is 0 Å². The Kier molecular flexibility index (Phi) is 5.36. The van der Waals surface area contributed by atoms with Crippen molar-refractivity contribution in [2.45, 2.75) is 67.2 Å². The molecule has 0 amide bonds. The summed E-state index contributed by atoms with van der Waals surface area (Å²) in [7, 11) is 0. The molecule has 0 unspecified atom stereocenters. The van der Waals surface area contributed by atoms with E-state index in [1.54, 1.807) is 11.1 Å². The maximum atomic E-state index is 2.38. The Bertz CT molecular complexity index is 172. The first-order valence-corrected chi connectivity index (χ1v) is 5.77. The van der Waals surface area contributed by atoms with Gasteiger partial charge in [-0.25, -0.2) is 0 Å². The lowest BCUT2D eigenvalue weighted by atomic mass is 9.72. The minimum atomic E-state index is 0.497. The van der Waals surface area contributed by atoms with E-state index in [0.29, 0.717) is 5.41 Å². The molecule has 0 heterocycles. The summed E-state index contributed by atoms with van der Waals surface area (Å²) in [5.41, 5.74) is 3.87. The summed E-state index contributed by atoms with van der Waals surface area (Å²) in [6.45, 7) is 13.4. The fourth-order valence-corrected chi connectivity index (χ4v) is 2.46. The van der Waals surface area contributed by atoms with E-state index in [-0.39, 0.29) is 0 Å². The third-order valence-electron chi connectivity index (χ3n) is 3.04. The molecule has 1 aliphatic carbocycles. The van der Waals surface area contributed by atoms with Crippen LogP contribution in [0.15, 0.2) is 11.1 Å². The lowest BCUT2D eigenvalue weighted by molar-refractivity contribution is 0.357. The second-order valence-electron chi connectivity index (χ2n) is 4.35. The van der Waals surface area contributed by atoms with Crippen LogP contribution in [0.2, 0.25) is 0 Å². The molecule has 0 radical (unpaired) electrons. The van der Waals surface area contributed by atoms with E-state index in [1.165, 1.54) is 25.7 Å². The third-order valence-corrected chi connectivity index (χ3v) is 3.04. The molecule has 0 aliphatic heterocycles. The lowest BCUT2D eigenvalue weighted by Crippen LogP contribution is -2.19. The highest BCUT2D eigenvalue weighted by Gasteiger charge is 2.26. The normalized spacial score (nSPS) is 20.8. The van der Waals surface area contributed by atoms with Crippen LogP contribution in [0.25, 0.3) is 0 Å². The molecule has 13 heavy (non-hydrogen) atoms. The first-order valence-electron chi connectivity index (χ1n) is 5.77. The van der Waals surface area contributed by atoms with Crippen molar-refractivity contribution >= 4 is 0 Å². The SMILES string of the molecule is CC.CCC1=C(C)CCCC1(C)C. The largest absolute Gasteiger partial charge is 0.0736 e. The summed E-state index contributed by atoms with van der Waals surface area (Å²) in [5.74, 6) is 0. The van der Waals surface area contributed by atoms with Crippen molar-refractivity contribution in [3.63, 3.8) is 0 Å². The van der Waals surface area contributed by atoms with Gasteiger partial charge in [-0.3, -0.25) is 0 Å². The molecule has 0 N–H and O–H groups in total. The van der Waals surface area contributed by atoms with Gasteiger partial charge in [-0.15, -0.1) is 0 Å². The second kappa shape index (κ2) is 5.47. The van der Waals surface area contributed by atoms with Gasteiger partial charge in [0, 0.05) is 0 Å². The quantitative estimate of drug-likeness (QED) is 0.503. The average Bonchev–Trinajstić information content (AvgIpc) is 2.07. The van der Waals surface area contributed by atoms with E-state index in [0.717, 1.165) is 0 Å². The summed E-state index contributed by atoms with van der Waals surface area (Å²) in [6.07, 6.45) is 5.36. The van der Waals surface area contributed by atoms with Crippen LogP contribution < -0.4 is 0 Å². The molecular formula is C13H26. The summed E-state index contributed by atoms with van der Waals surface area (Å²) in [5, 5.41) is 0. The van der Waals surface area contributed by atoms with Crippen LogP contribution in [0.3, 0.4) is 0 Å². The van der Waals surface area contributed by atoms with Crippen molar-refractivity contribution in [1.82, 2.24) is 0 Å². The Morgan fingerprint density at radius 3 is 2.08 bits per heavy atom. The molecule has 78 valence electrons. The van der Waals surface area contributed by atoms with E-state index in [9.17, 15) is 0 Å². The van der Waals surface area contributed by atoms with E-state index in [1.807, 2.05) is 13.8 Å². The lowest BCUT2D eigenvalue weighted by Gasteiger charge is -2.34. The van der Waals surface area contributed by atoms with Crippen molar-refractivity contribution in [3.8, 4) is 0 Å². The molecule has 0 fully saturated rings. The summed E-state index contributed by atoms with van der Waals surface area (Å²) < 4.78 is 0. The van der Waals surface area contributed by atoms with Crippen LogP contribution in [0.4, 0.5) is 0 Å². The van der Waals surface area contributed by atoms with Crippen molar-refractivity contribution in [1.29, 1.82) is 0 Å². The van der Waals surface area contributed by atoms with E-state index < -0.39 is 0 Å². The Morgan fingerprint density at radius 2 is 1.77 bits per heavy atom. The topological polar surface area (TPSA) is 0 Å². The monoisotopic (exact) mass is 182 g/mol. The standard InChI is InChI=1S/C11H20.C2H6/c1-5-10-9(2)7-6-8-11(10,3)4;1-2/h5-8H2,1-4H3;1-2H3. The minimum absolute atomic E-state index is 0.497. The fourth-order valence-electron chi connectivity index (χ4n) is 2.46. The van der Waals surface area contributed by atoms with Crippen molar-refractivity contribution < 1.29 is 0 Å². The summed E-state index contributed by atoms with van der Waals surface area (Å²) in [4.78, 5) is 0. The molecule has 0 heteroatoms. The van der Waals surface area contributed by atoms with Gasteiger partial charge in [0.1, 0.15) is 0 Å². The molecule has 0 saturated carbocycles. The number of hydrogen-bond acceptors (Lipinski definition) is 0. The number of rotatable bonds is 1. The predicted molar refractivity (Wildman–Crippen MR) is 62.0 cm³/mol. The molecule has 0 nitrogen and oxygen atoms in total. The highest BCUT2D eigenvalue weighted by Crippen LogP contribution is 2.41. The van der Waals surface area contributed by atoms with Crippen molar-refractivity contribution in [3.05, 3.63) is 11.1 Å². The zero-order valence-electron chi connectivity index (χ0n) is 10.3. The predicted octanol–water partition coefficient (Wildman–Crippen LogP) is 4.95. The number of hydrogen-bond donors (Lipinski definition) is 0. The van der Waals surface area contributed by atoms with Crippen LogP contribution in [-0.4, -0.2) is 0 Å². The average molecular weight is 182 g/mol. The van der Waals surface area contributed by atoms with Crippen LogP contribution in [0.5, 0.6) is 0 Å². The van der Waals surface area contributed by atoms with E-state index in [2.05, 4.69) is 27.7 Å². The highest BCUT2D eigenvalue weighted by atomic mass is 14.3. The van der Waals surface area contributed by atoms with Crippen LogP contribution in [-0.2, 0) is 0 Å². The van der Waals surface area contributed by atoms with Gasteiger partial charge in [-0.1, -0.05) is 45.8 Å². The van der Waals surface area contributed by atoms with Gasteiger partial charge in [0.25, 0.3) is 0 Å². The van der Waals surface area contributed by atoms with Crippen LogP contribution in [0, 0.1) is 5.41 Å². The van der Waals surface area contributed by atoms with Gasteiger partial charge in [0.2, 0.25) is 0 Å². The molecule has 1 rings (SSSR count). The number of allylic oxidation sites excluding steroid dienone is 2. The van der Waals surface area contributed by atoms with Gasteiger partial charge < -0.3 is 0 Å². The van der Waals surface area contributed by atoms with Gasteiger partial charge in [-0.2, -0.15) is 0 Å². The maximum absolute atomic E-state index is 2.38. The summed E-state index contributed by atoms with van der Waals surface area (Å²) in [6, 6.07) is 0. The van der Waals surface area contributed by atoms with Crippen LogP contribution >= 0.6 is 0 Å². The first-order chi connectivity index (χ1) is 6.08. The highest BCUT2D eigenvalue weighted by molar-refractivity contribution is 5.21. The molecule has 1 aliphatic rings. The van der Waals surface area contributed by atoms with Gasteiger partial charge in [-0.05, 0) is 38.0 Å². The first kappa shape index (κ1) is 12.7. The Labute approximate surface area is 84.4 Å². The molecule has 0 aromatic heterocycles. The molecule has 0 saturated heterocycles. The van der Waals surface area contributed by atoms with Crippen molar-refractivity contribution in [2.24, 2.45) is 5.41 Å². The molecule has 0 aromatic carbocycles. The summed E-state index contributed by atoms with van der Waals surface area (Å²) >= 11 is 0. The molecule has 0 aromatic rings. The van der Waals surface area contributed by atoms with Gasteiger partial charge in [0.05, 0.1) is 0 Å². The molecule has 0 bridgehead atoms. The van der Waals surface area contributed by atoms with Gasteiger partial charge >= 0.3 is 0 Å². The van der Waals surface area contributed by atoms with Crippen molar-refractivity contribution in [2.75, 3.05) is 0 Å². The Balaban J connectivity index is 0.000000671. The molecular weight excluding hydrogens is 156 g/mol. The molecule has 0 atom stereocenters. The van der Waals surface area contributed by atoms with E-state index in [4.69, 9.17) is 0 Å². The van der Waals surface area contributed by atoms with Crippen LogP contribution in [0.1, 0.15) is 67.2 Å². The maximum Gasteiger partial charge on any atom is -0.0142 e. The Hall–Kier alpha value is -0.260. The third kappa shape index (κ3) is 3.17. The molecule has 0 spiro atoms. The Morgan fingerprint density at radius 1 is 1.23 bits per heavy atom. The zero-order valence-corrected chi connectivity index (χ0v) is 10.3. The minimum Gasteiger partial charge on any atom is -0.0736 e. The second-order valence-corrected chi connectivity index (χ2v) is 4.35. The fraction of sp³-hybridized carbons (Fsp3) is 0.846. The zero-order chi connectivity index (χ0) is 10.5. The van der Waals surface area contributed by atoms with Gasteiger partial charge in [0.15, 0.2) is 0 Å². The smallest absolute Gasteiger partial charge is 0.0142 e.